The van der Waals surface area contributed by atoms with Gasteiger partial charge in [0.05, 0.1) is 11.6 Å². The van der Waals surface area contributed by atoms with Crippen LogP contribution in [-0.4, -0.2) is 31.6 Å². The number of benzene rings is 2. The molecule has 0 saturated carbocycles. The Hall–Kier alpha value is -2.99. The summed E-state index contributed by atoms with van der Waals surface area (Å²) in [6.07, 6.45) is 0. The van der Waals surface area contributed by atoms with E-state index in [-0.39, 0.29) is 23.3 Å². The van der Waals surface area contributed by atoms with Crippen LogP contribution in [0.25, 0.3) is 5.69 Å². The number of nitrogens with zero attached hydrogens (tertiary/aromatic N) is 3. The molecular weight excluding hydrogens is 342 g/mol. The highest BCUT2D eigenvalue weighted by Gasteiger charge is 2.21. The normalized spacial score (nSPS) is 10.6. The third-order valence-electron chi connectivity index (χ3n) is 3.65. The Kier molecular flexibility index (Phi) is 4.63. The van der Waals surface area contributed by atoms with Crippen LogP contribution in [0.15, 0.2) is 48.5 Å². The highest BCUT2D eigenvalue weighted by atomic mass is 35.5. The van der Waals surface area contributed by atoms with Crippen molar-refractivity contribution >= 4 is 23.4 Å². The van der Waals surface area contributed by atoms with Gasteiger partial charge in [0.2, 0.25) is 0 Å². The van der Waals surface area contributed by atoms with Crippen molar-refractivity contribution in [3.05, 3.63) is 76.9 Å². The van der Waals surface area contributed by atoms with Crippen molar-refractivity contribution < 1.29 is 14.7 Å². The Morgan fingerprint density at radius 1 is 1.16 bits per heavy atom. The second-order valence-electron chi connectivity index (χ2n) is 5.42. The minimum absolute atomic E-state index is 0.0346. The molecule has 0 aliphatic carbocycles. The number of carboxylic acids is 1. The Morgan fingerprint density at radius 3 is 2.52 bits per heavy atom. The summed E-state index contributed by atoms with van der Waals surface area (Å²) in [5, 5.41) is 13.1. The predicted octanol–water partition coefficient (Wildman–Crippen LogP) is 3.24. The maximum Gasteiger partial charge on any atom is 0.375 e. The molecule has 0 fully saturated rings. The fourth-order valence-corrected chi connectivity index (χ4v) is 2.65. The van der Waals surface area contributed by atoms with Gasteiger partial charge in [0.1, 0.15) is 5.82 Å². The van der Waals surface area contributed by atoms with Gasteiger partial charge in [-0.15, -0.1) is 16.7 Å². The Morgan fingerprint density at radius 2 is 1.88 bits per heavy atom. The maximum atomic E-state index is 12.9. The smallest absolute Gasteiger partial charge is 0.375 e. The average molecular weight is 356 g/mol. The molecule has 0 bridgehead atoms. The summed E-state index contributed by atoms with van der Waals surface area (Å²) in [7, 11) is 0. The number of aromatic carboxylic acids is 1. The zero-order valence-electron chi connectivity index (χ0n) is 13.3. The van der Waals surface area contributed by atoms with Gasteiger partial charge in [-0.2, -0.15) is 0 Å². The van der Waals surface area contributed by atoms with Crippen LogP contribution in [-0.2, 0) is 5.88 Å². The van der Waals surface area contributed by atoms with Crippen molar-refractivity contribution in [3.63, 3.8) is 0 Å². The van der Waals surface area contributed by atoms with E-state index < -0.39 is 5.97 Å². The maximum absolute atomic E-state index is 12.9. The van der Waals surface area contributed by atoms with Crippen LogP contribution in [0.5, 0.6) is 0 Å². The molecule has 6 nitrogen and oxygen atoms in total. The molecule has 126 valence electrons. The fourth-order valence-electron chi connectivity index (χ4n) is 2.48. The monoisotopic (exact) mass is 355 g/mol. The van der Waals surface area contributed by atoms with Crippen LogP contribution < -0.4 is 0 Å². The molecule has 0 atom stereocenters. The quantitative estimate of drug-likeness (QED) is 0.561. The molecule has 0 amide bonds. The van der Waals surface area contributed by atoms with Crippen molar-refractivity contribution in [1.29, 1.82) is 0 Å². The summed E-state index contributed by atoms with van der Waals surface area (Å²) in [5.74, 6) is -1.59. The van der Waals surface area contributed by atoms with Gasteiger partial charge in [-0.25, -0.2) is 14.5 Å². The van der Waals surface area contributed by atoms with E-state index in [4.69, 9.17) is 16.7 Å². The van der Waals surface area contributed by atoms with Crippen molar-refractivity contribution in [2.45, 2.75) is 12.8 Å². The summed E-state index contributed by atoms with van der Waals surface area (Å²) in [4.78, 5) is 28.0. The molecule has 0 aliphatic heterocycles. The van der Waals surface area contributed by atoms with Gasteiger partial charge in [0.15, 0.2) is 5.78 Å². The number of hydrogen-bond acceptors (Lipinski definition) is 4. The minimum atomic E-state index is -1.26. The topological polar surface area (TPSA) is 85.1 Å². The number of ketones is 1. The largest absolute Gasteiger partial charge is 0.475 e. The molecule has 0 spiro atoms. The second kappa shape index (κ2) is 6.86. The number of carbonyl (C=O) groups excluding carboxylic acids is 1. The van der Waals surface area contributed by atoms with Crippen LogP contribution in [0, 0.1) is 6.92 Å². The van der Waals surface area contributed by atoms with Gasteiger partial charge in [0.25, 0.3) is 5.82 Å². The van der Waals surface area contributed by atoms with Crippen molar-refractivity contribution in [2.24, 2.45) is 0 Å². The van der Waals surface area contributed by atoms with Gasteiger partial charge in [-0.3, -0.25) is 4.79 Å². The number of hydrogen-bond donors (Lipinski definition) is 1. The molecule has 1 heterocycles. The van der Waals surface area contributed by atoms with Crippen molar-refractivity contribution in [2.75, 3.05) is 0 Å². The van der Waals surface area contributed by atoms with E-state index in [9.17, 15) is 9.59 Å². The van der Waals surface area contributed by atoms with Gasteiger partial charge >= 0.3 is 5.97 Å². The number of rotatable bonds is 5. The fraction of sp³-hybridized carbons (Fsp3) is 0.111. The molecule has 7 heteroatoms. The van der Waals surface area contributed by atoms with Crippen LogP contribution in [0.1, 0.15) is 37.9 Å². The Labute approximate surface area is 148 Å². The molecule has 0 saturated heterocycles. The van der Waals surface area contributed by atoms with Crippen LogP contribution in [0.2, 0.25) is 0 Å². The molecule has 0 radical (unpaired) electrons. The van der Waals surface area contributed by atoms with Crippen LogP contribution in [0.4, 0.5) is 0 Å². The molecule has 3 rings (SSSR count). The first-order chi connectivity index (χ1) is 12.0. The summed E-state index contributed by atoms with van der Waals surface area (Å²) in [5.41, 5.74) is 2.27. The molecule has 3 aromatic rings. The van der Waals surface area contributed by atoms with Gasteiger partial charge in [0, 0.05) is 11.1 Å². The van der Waals surface area contributed by atoms with E-state index in [1.54, 1.807) is 36.4 Å². The highest BCUT2D eigenvalue weighted by Crippen LogP contribution is 2.22. The third-order valence-corrected chi connectivity index (χ3v) is 3.88. The molecule has 2 aromatic carbocycles. The summed E-state index contributed by atoms with van der Waals surface area (Å²) in [6.45, 7) is 1.87. The lowest BCUT2D eigenvalue weighted by Gasteiger charge is -2.11. The third kappa shape index (κ3) is 3.29. The highest BCUT2D eigenvalue weighted by molar-refractivity contribution is 6.17. The van der Waals surface area contributed by atoms with Crippen molar-refractivity contribution in [3.8, 4) is 5.69 Å². The molecule has 1 aromatic heterocycles. The lowest BCUT2D eigenvalue weighted by molar-refractivity contribution is 0.0683. The van der Waals surface area contributed by atoms with Gasteiger partial charge in [-0.1, -0.05) is 42.0 Å². The van der Waals surface area contributed by atoms with E-state index in [1.165, 1.54) is 4.68 Å². The number of carboxylic acid groups (broad SMARTS) is 1. The lowest BCUT2D eigenvalue weighted by Crippen LogP contribution is -2.11. The average Bonchev–Trinajstić information content (AvgIpc) is 3.06. The first-order valence-corrected chi connectivity index (χ1v) is 8.00. The molecule has 0 aliphatic rings. The molecule has 25 heavy (non-hydrogen) atoms. The Bertz CT molecular complexity index is 951. The van der Waals surface area contributed by atoms with Crippen LogP contribution in [0.3, 0.4) is 0 Å². The number of alkyl halides is 1. The summed E-state index contributed by atoms with van der Waals surface area (Å²) in [6, 6.07) is 14.1. The number of aromatic nitrogens is 3. The molecule has 1 N–H and O–H groups in total. The van der Waals surface area contributed by atoms with E-state index in [1.807, 2.05) is 19.1 Å². The summed E-state index contributed by atoms with van der Waals surface area (Å²) >= 11 is 5.88. The van der Waals surface area contributed by atoms with Gasteiger partial charge < -0.3 is 5.11 Å². The van der Waals surface area contributed by atoms with Gasteiger partial charge in [-0.05, 0) is 19.1 Å². The lowest BCUT2D eigenvalue weighted by atomic mass is 10.00. The van der Waals surface area contributed by atoms with E-state index in [2.05, 4.69) is 10.1 Å². The first-order valence-electron chi connectivity index (χ1n) is 7.47. The first kappa shape index (κ1) is 16.9. The van der Waals surface area contributed by atoms with E-state index in [0.29, 0.717) is 16.8 Å². The zero-order valence-corrected chi connectivity index (χ0v) is 14.1. The van der Waals surface area contributed by atoms with Crippen molar-refractivity contribution in [1.82, 2.24) is 14.8 Å². The van der Waals surface area contributed by atoms with Crippen LogP contribution >= 0.6 is 11.6 Å². The minimum Gasteiger partial charge on any atom is -0.475 e. The van der Waals surface area contributed by atoms with E-state index in [0.717, 1.165) is 5.56 Å². The second-order valence-corrected chi connectivity index (χ2v) is 5.69. The van der Waals surface area contributed by atoms with E-state index >= 15 is 0 Å². The SMILES string of the molecule is Cc1ccc(-n2nc(C(=O)O)nc2CCl)c(C(=O)c2ccccc2)c1. The zero-order chi connectivity index (χ0) is 18.0. The standard InChI is InChI=1S/C18H14ClN3O3/c1-11-7-8-14(22-15(10-19)20-17(21-22)18(24)25)13(9-11)16(23)12-5-3-2-4-6-12/h2-9H,10H2,1H3,(H,24,25). The Balaban J connectivity index is 2.18. The number of aryl methyl sites for hydroxylation is 1. The molecular formula is C18H14ClN3O3. The summed E-state index contributed by atoms with van der Waals surface area (Å²) < 4.78 is 1.31. The predicted molar refractivity (Wildman–Crippen MR) is 92.5 cm³/mol. The number of carbonyl (C=O) groups is 2. The number of halogens is 1. The molecule has 0 unspecified atom stereocenters.